The van der Waals surface area contributed by atoms with Crippen molar-refractivity contribution in [3.05, 3.63) is 46.5 Å². The third-order valence-corrected chi connectivity index (χ3v) is 1.97. The van der Waals surface area contributed by atoms with Crippen molar-refractivity contribution in [3.8, 4) is 0 Å². The highest BCUT2D eigenvalue weighted by Gasteiger charge is 1.95. The Kier molecular flexibility index (Phi) is 2.05. The highest BCUT2D eigenvalue weighted by Crippen LogP contribution is 2.20. The van der Waals surface area contributed by atoms with E-state index in [4.69, 9.17) is 5.53 Å². The maximum absolute atomic E-state index is 8.28. The molecule has 4 heteroatoms. The van der Waals surface area contributed by atoms with Gasteiger partial charge in [0.05, 0.1) is 5.52 Å². The molecule has 1 aromatic heterocycles. The second kappa shape index (κ2) is 3.36. The highest BCUT2D eigenvalue weighted by molar-refractivity contribution is 5.81. The van der Waals surface area contributed by atoms with E-state index in [9.17, 15) is 0 Å². The molecular formula is C10H8N4. The normalized spacial score (nSPS) is 9.79. The van der Waals surface area contributed by atoms with E-state index in [1.165, 1.54) is 0 Å². The fraction of sp³-hybridized carbons (Fsp3) is 0.100. The standard InChI is InChI=1S/C10H8N4/c1-7-2-3-8-6-9(13-14-11)4-5-10(8)12-7/h2-6H,1H3. The largest absolute Gasteiger partial charge is 0.253 e. The molecule has 0 fully saturated rings. The van der Waals surface area contributed by atoms with E-state index in [2.05, 4.69) is 15.0 Å². The van der Waals surface area contributed by atoms with Gasteiger partial charge in [-0.2, -0.15) is 0 Å². The molecule has 0 aliphatic carbocycles. The van der Waals surface area contributed by atoms with Crippen LogP contribution in [0.1, 0.15) is 5.69 Å². The summed E-state index contributed by atoms with van der Waals surface area (Å²) in [6.07, 6.45) is 0. The van der Waals surface area contributed by atoms with E-state index in [0.29, 0.717) is 5.69 Å². The third-order valence-electron chi connectivity index (χ3n) is 1.97. The molecule has 2 rings (SSSR count). The number of azide groups is 1. The SMILES string of the molecule is Cc1ccc2cc(N=[N+]=[N-])ccc2n1. The molecule has 0 amide bonds. The van der Waals surface area contributed by atoms with E-state index in [1.807, 2.05) is 31.2 Å². The minimum atomic E-state index is 0.616. The summed E-state index contributed by atoms with van der Waals surface area (Å²) in [5, 5.41) is 4.52. The minimum absolute atomic E-state index is 0.616. The van der Waals surface area contributed by atoms with Crippen LogP contribution in [0, 0.1) is 6.92 Å². The lowest BCUT2D eigenvalue weighted by Crippen LogP contribution is -1.81. The number of fused-ring (bicyclic) bond motifs is 1. The zero-order valence-electron chi connectivity index (χ0n) is 7.68. The molecule has 0 saturated heterocycles. The Balaban J connectivity index is 2.67. The molecule has 0 N–H and O–H groups in total. The number of aryl methyl sites for hydroxylation is 1. The zero-order chi connectivity index (χ0) is 9.97. The third kappa shape index (κ3) is 1.51. The van der Waals surface area contributed by atoms with Crippen LogP contribution in [0.5, 0.6) is 0 Å². The summed E-state index contributed by atoms with van der Waals surface area (Å²) in [7, 11) is 0. The Bertz CT molecular complexity index is 527. The van der Waals surface area contributed by atoms with Crippen LogP contribution in [0.15, 0.2) is 35.4 Å². The van der Waals surface area contributed by atoms with Crippen LogP contribution in [0.4, 0.5) is 5.69 Å². The van der Waals surface area contributed by atoms with Gasteiger partial charge < -0.3 is 0 Å². The van der Waals surface area contributed by atoms with E-state index < -0.39 is 0 Å². The zero-order valence-corrected chi connectivity index (χ0v) is 7.68. The Hall–Kier alpha value is -2.06. The van der Waals surface area contributed by atoms with Crippen molar-refractivity contribution in [1.82, 2.24) is 4.98 Å². The van der Waals surface area contributed by atoms with Crippen molar-refractivity contribution >= 4 is 16.6 Å². The second-order valence-corrected chi connectivity index (χ2v) is 3.02. The number of hydrogen-bond donors (Lipinski definition) is 0. The number of pyridine rings is 1. The lowest BCUT2D eigenvalue weighted by atomic mass is 10.2. The van der Waals surface area contributed by atoms with Crippen molar-refractivity contribution < 1.29 is 0 Å². The fourth-order valence-electron chi connectivity index (χ4n) is 1.33. The maximum atomic E-state index is 8.28. The van der Waals surface area contributed by atoms with E-state index in [1.54, 1.807) is 6.07 Å². The number of benzene rings is 1. The first-order chi connectivity index (χ1) is 6.79. The quantitative estimate of drug-likeness (QED) is 0.380. The molecule has 0 atom stereocenters. The average Bonchev–Trinajstić information content (AvgIpc) is 2.19. The van der Waals surface area contributed by atoms with Crippen LogP contribution in [-0.2, 0) is 0 Å². The molecule has 0 aliphatic rings. The first kappa shape index (κ1) is 8.53. The van der Waals surface area contributed by atoms with Crippen molar-refractivity contribution in [2.45, 2.75) is 6.92 Å². The summed E-state index contributed by atoms with van der Waals surface area (Å²) in [5.41, 5.74) is 10.8. The van der Waals surface area contributed by atoms with Gasteiger partial charge in [0, 0.05) is 21.7 Å². The highest BCUT2D eigenvalue weighted by atomic mass is 15.1. The Morgan fingerprint density at radius 1 is 1.29 bits per heavy atom. The molecule has 4 nitrogen and oxygen atoms in total. The predicted octanol–water partition coefficient (Wildman–Crippen LogP) is 3.49. The molecule has 2 aromatic rings. The van der Waals surface area contributed by atoms with Crippen molar-refractivity contribution in [3.63, 3.8) is 0 Å². The summed E-state index contributed by atoms with van der Waals surface area (Å²) in [6, 6.07) is 9.33. The smallest absolute Gasteiger partial charge is 0.0705 e. The summed E-state index contributed by atoms with van der Waals surface area (Å²) in [6.45, 7) is 1.95. The van der Waals surface area contributed by atoms with Crippen LogP contribution in [0.2, 0.25) is 0 Å². The molecular weight excluding hydrogens is 176 g/mol. The molecule has 1 aromatic carbocycles. The second-order valence-electron chi connectivity index (χ2n) is 3.02. The van der Waals surface area contributed by atoms with E-state index >= 15 is 0 Å². The molecule has 0 saturated carbocycles. The van der Waals surface area contributed by atoms with Gasteiger partial charge in [-0.15, -0.1) is 0 Å². The van der Waals surface area contributed by atoms with Gasteiger partial charge in [0.1, 0.15) is 0 Å². The lowest BCUT2D eigenvalue weighted by Gasteiger charge is -1.99. The molecule has 14 heavy (non-hydrogen) atoms. The average molecular weight is 184 g/mol. The van der Waals surface area contributed by atoms with Gasteiger partial charge in [0.2, 0.25) is 0 Å². The minimum Gasteiger partial charge on any atom is -0.253 e. The summed E-state index contributed by atoms with van der Waals surface area (Å²) in [4.78, 5) is 7.08. The van der Waals surface area contributed by atoms with Gasteiger partial charge in [-0.05, 0) is 30.7 Å². The number of nitrogens with zero attached hydrogens (tertiary/aromatic N) is 4. The van der Waals surface area contributed by atoms with Gasteiger partial charge in [0.25, 0.3) is 0 Å². The summed E-state index contributed by atoms with van der Waals surface area (Å²) in [5.74, 6) is 0. The molecule has 0 radical (unpaired) electrons. The monoisotopic (exact) mass is 184 g/mol. The molecule has 0 spiro atoms. The fourth-order valence-corrected chi connectivity index (χ4v) is 1.33. The first-order valence-electron chi connectivity index (χ1n) is 4.22. The van der Waals surface area contributed by atoms with Gasteiger partial charge >= 0.3 is 0 Å². The van der Waals surface area contributed by atoms with Crippen LogP contribution >= 0.6 is 0 Å². The molecule has 68 valence electrons. The summed E-state index contributed by atoms with van der Waals surface area (Å²) < 4.78 is 0. The summed E-state index contributed by atoms with van der Waals surface area (Å²) >= 11 is 0. The predicted molar refractivity (Wildman–Crippen MR) is 55.3 cm³/mol. The van der Waals surface area contributed by atoms with Crippen LogP contribution in [0.3, 0.4) is 0 Å². The molecule has 1 heterocycles. The van der Waals surface area contributed by atoms with Gasteiger partial charge in [-0.1, -0.05) is 17.2 Å². The van der Waals surface area contributed by atoms with Crippen molar-refractivity contribution in [1.29, 1.82) is 0 Å². The lowest BCUT2D eigenvalue weighted by molar-refractivity contribution is 1.25. The van der Waals surface area contributed by atoms with E-state index in [-0.39, 0.29) is 0 Å². The van der Waals surface area contributed by atoms with Crippen LogP contribution in [-0.4, -0.2) is 4.98 Å². The van der Waals surface area contributed by atoms with Crippen LogP contribution in [0.25, 0.3) is 21.3 Å². The molecule has 0 aliphatic heterocycles. The topological polar surface area (TPSA) is 61.7 Å². The van der Waals surface area contributed by atoms with Gasteiger partial charge in [-0.25, -0.2) is 0 Å². The van der Waals surface area contributed by atoms with E-state index in [0.717, 1.165) is 16.6 Å². The van der Waals surface area contributed by atoms with Gasteiger partial charge in [0.15, 0.2) is 0 Å². The van der Waals surface area contributed by atoms with Crippen LogP contribution < -0.4 is 0 Å². The number of rotatable bonds is 1. The molecule has 0 unspecified atom stereocenters. The number of hydrogen-bond acceptors (Lipinski definition) is 2. The van der Waals surface area contributed by atoms with Gasteiger partial charge in [-0.3, -0.25) is 4.98 Å². The maximum Gasteiger partial charge on any atom is 0.0705 e. The van der Waals surface area contributed by atoms with Crippen molar-refractivity contribution in [2.24, 2.45) is 5.11 Å². The van der Waals surface area contributed by atoms with Crippen molar-refractivity contribution in [2.75, 3.05) is 0 Å². The Morgan fingerprint density at radius 2 is 2.14 bits per heavy atom. The Labute approximate surface area is 80.8 Å². The Morgan fingerprint density at radius 3 is 2.93 bits per heavy atom. The number of aromatic nitrogens is 1. The first-order valence-corrected chi connectivity index (χ1v) is 4.22. The molecule has 0 bridgehead atoms.